The Balaban J connectivity index is 2.12. The molecule has 3 rings (SSSR count). The molecule has 0 atom stereocenters. The van der Waals surface area contributed by atoms with Crippen LogP contribution in [0.2, 0.25) is 0 Å². The molecule has 1 aromatic carbocycles. The minimum atomic E-state index is -0.512. The van der Waals surface area contributed by atoms with Crippen molar-refractivity contribution in [2.75, 3.05) is 18.5 Å². The van der Waals surface area contributed by atoms with Crippen LogP contribution in [0.3, 0.4) is 0 Å². The molecular weight excluding hydrogens is 228 g/mol. The molecule has 4 heteroatoms. The zero-order chi connectivity index (χ0) is 12.8. The lowest BCUT2D eigenvalue weighted by Crippen LogP contribution is -2.32. The van der Waals surface area contributed by atoms with Crippen LogP contribution in [0.25, 0.3) is 0 Å². The van der Waals surface area contributed by atoms with Crippen molar-refractivity contribution < 1.29 is 9.90 Å². The lowest BCUT2D eigenvalue weighted by atomic mass is 9.71. The molecule has 0 amide bonds. The summed E-state index contributed by atoms with van der Waals surface area (Å²) in [5.74, 6) is 0.329. The number of phenols is 1. The van der Waals surface area contributed by atoms with Crippen LogP contribution in [0.15, 0.2) is 17.1 Å². The molecule has 1 aromatic rings. The number of hydrogen-bond acceptors (Lipinski definition) is 4. The van der Waals surface area contributed by atoms with E-state index < -0.39 is 5.54 Å². The molecular formula is C14H16N2O2. The van der Waals surface area contributed by atoms with Gasteiger partial charge in [0.2, 0.25) is 6.08 Å². The third-order valence-electron chi connectivity index (χ3n) is 4.31. The first-order chi connectivity index (χ1) is 8.68. The lowest BCUT2D eigenvalue weighted by molar-refractivity contribution is 0.247. The largest absolute Gasteiger partial charge is 0.507 e. The van der Waals surface area contributed by atoms with Crippen LogP contribution in [0.4, 0.5) is 5.69 Å². The van der Waals surface area contributed by atoms with Gasteiger partial charge in [0.15, 0.2) is 0 Å². The van der Waals surface area contributed by atoms with E-state index in [9.17, 15) is 9.90 Å². The van der Waals surface area contributed by atoms with Gasteiger partial charge < -0.3 is 10.0 Å². The van der Waals surface area contributed by atoms with E-state index in [2.05, 4.69) is 9.89 Å². The molecule has 4 nitrogen and oxygen atoms in total. The average Bonchev–Trinajstić information content (AvgIpc) is 2.68. The van der Waals surface area contributed by atoms with Gasteiger partial charge in [-0.15, -0.1) is 0 Å². The van der Waals surface area contributed by atoms with E-state index >= 15 is 0 Å². The number of phenolic OH excluding ortho intramolecular Hbond substituents is 1. The lowest BCUT2D eigenvalue weighted by Gasteiger charge is -2.37. The van der Waals surface area contributed by atoms with Crippen molar-refractivity contribution in [2.24, 2.45) is 4.99 Å². The van der Waals surface area contributed by atoms with Crippen molar-refractivity contribution in [1.29, 1.82) is 0 Å². The van der Waals surface area contributed by atoms with Crippen LogP contribution in [0.1, 0.15) is 30.4 Å². The number of carbonyl (C=O) groups excluding carboxylic acids is 1. The number of anilines is 1. The van der Waals surface area contributed by atoms with E-state index in [0.717, 1.165) is 49.0 Å². The fraction of sp³-hybridized carbons (Fsp3) is 0.500. The summed E-state index contributed by atoms with van der Waals surface area (Å²) >= 11 is 0. The van der Waals surface area contributed by atoms with Gasteiger partial charge in [0, 0.05) is 30.4 Å². The molecule has 0 saturated heterocycles. The number of hydrogen-bond donors (Lipinski definition) is 1. The molecule has 0 radical (unpaired) electrons. The SMILES string of the molecule is CN1CCc2c1ccc(C1(N=C=O)CCC1)c2O. The standard InChI is InChI=1S/C14H16N2O2/c1-16-8-5-10-12(16)4-3-11(13(10)18)14(15-9-17)6-2-7-14/h3-4,18H,2,5-8H2,1H3. The Bertz CT molecular complexity index is 543. The molecule has 1 aliphatic heterocycles. The van der Waals surface area contributed by atoms with E-state index in [-0.39, 0.29) is 0 Å². The van der Waals surface area contributed by atoms with E-state index in [1.807, 2.05) is 19.2 Å². The van der Waals surface area contributed by atoms with Crippen molar-refractivity contribution in [1.82, 2.24) is 0 Å². The predicted molar refractivity (Wildman–Crippen MR) is 68.7 cm³/mol. The minimum absolute atomic E-state index is 0.329. The van der Waals surface area contributed by atoms with Crippen LogP contribution in [-0.2, 0) is 16.8 Å². The first kappa shape index (κ1) is 11.3. The summed E-state index contributed by atoms with van der Waals surface area (Å²) in [6, 6.07) is 3.94. The zero-order valence-electron chi connectivity index (χ0n) is 10.4. The third kappa shape index (κ3) is 1.39. The van der Waals surface area contributed by atoms with Crippen LogP contribution in [0, 0.1) is 0 Å². The normalized spacial score (nSPS) is 19.9. The first-order valence-corrected chi connectivity index (χ1v) is 6.33. The van der Waals surface area contributed by atoms with E-state index in [1.165, 1.54) is 0 Å². The Morgan fingerprint density at radius 3 is 2.83 bits per heavy atom. The van der Waals surface area contributed by atoms with Crippen molar-refractivity contribution in [2.45, 2.75) is 31.2 Å². The highest BCUT2D eigenvalue weighted by molar-refractivity contribution is 5.66. The van der Waals surface area contributed by atoms with Gasteiger partial charge in [-0.1, -0.05) is 6.07 Å². The summed E-state index contributed by atoms with van der Waals surface area (Å²) in [6.45, 7) is 0.927. The zero-order valence-corrected chi connectivity index (χ0v) is 10.4. The maximum absolute atomic E-state index is 10.6. The smallest absolute Gasteiger partial charge is 0.235 e. The molecule has 0 spiro atoms. The topological polar surface area (TPSA) is 52.9 Å². The van der Waals surface area contributed by atoms with Crippen molar-refractivity contribution in [3.8, 4) is 5.75 Å². The molecule has 1 saturated carbocycles. The van der Waals surface area contributed by atoms with E-state index in [4.69, 9.17) is 0 Å². The summed E-state index contributed by atoms with van der Waals surface area (Å²) in [5.41, 5.74) is 2.36. The number of aliphatic imine (C=N–C) groups is 1. The minimum Gasteiger partial charge on any atom is -0.507 e. The quantitative estimate of drug-likeness (QED) is 0.640. The van der Waals surface area contributed by atoms with Gasteiger partial charge >= 0.3 is 0 Å². The molecule has 2 aliphatic rings. The molecule has 1 heterocycles. The second-order valence-corrected chi connectivity index (χ2v) is 5.22. The summed E-state index contributed by atoms with van der Waals surface area (Å²) < 4.78 is 0. The number of likely N-dealkylation sites (N-methyl/N-ethyl adjacent to an activating group) is 1. The molecule has 18 heavy (non-hydrogen) atoms. The Hall–Kier alpha value is -1.80. The number of nitrogens with zero attached hydrogens (tertiary/aromatic N) is 2. The number of benzene rings is 1. The van der Waals surface area contributed by atoms with Gasteiger partial charge in [-0.2, -0.15) is 4.99 Å². The van der Waals surface area contributed by atoms with E-state index in [0.29, 0.717) is 5.75 Å². The second-order valence-electron chi connectivity index (χ2n) is 5.22. The van der Waals surface area contributed by atoms with Gasteiger partial charge in [0.05, 0.1) is 0 Å². The fourth-order valence-electron chi connectivity index (χ4n) is 3.05. The van der Waals surface area contributed by atoms with Gasteiger partial charge in [0.25, 0.3) is 0 Å². The maximum atomic E-state index is 10.6. The highest BCUT2D eigenvalue weighted by atomic mass is 16.3. The van der Waals surface area contributed by atoms with Crippen LogP contribution >= 0.6 is 0 Å². The Labute approximate surface area is 106 Å². The van der Waals surface area contributed by atoms with Crippen LogP contribution < -0.4 is 4.90 Å². The van der Waals surface area contributed by atoms with Gasteiger partial charge in [-0.25, -0.2) is 4.79 Å². The molecule has 0 bridgehead atoms. The molecule has 0 unspecified atom stereocenters. The fourth-order valence-corrected chi connectivity index (χ4v) is 3.05. The predicted octanol–water partition coefficient (Wildman–Crippen LogP) is 2.10. The highest BCUT2D eigenvalue weighted by Gasteiger charge is 2.42. The number of aromatic hydroxyl groups is 1. The summed E-state index contributed by atoms with van der Waals surface area (Å²) in [7, 11) is 2.02. The number of rotatable bonds is 2. The van der Waals surface area contributed by atoms with E-state index in [1.54, 1.807) is 6.08 Å². The number of isocyanates is 1. The summed E-state index contributed by atoms with van der Waals surface area (Å²) in [5, 5.41) is 10.4. The van der Waals surface area contributed by atoms with Crippen molar-refractivity contribution >= 4 is 11.8 Å². The van der Waals surface area contributed by atoms with Crippen LogP contribution in [0.5, 0.6) is 5.75 Å². The summed E-state index contributed by atoms with van der Waals surface area (Å²) in [4.78, 5) is 16.7. The molecule has 1 aliphatic carbocycles. The van der Waals surface area contributed by atoms with Crippen LogP contribution in [-0.4, -0.2) is 24.8 Å². The average molecular weight is 244 g/mol. The molecule has 0 aromatic heterocycles. The highest BCUT2D eigenvalue weighted by Crippen LogP contribution is 2.50. The molecule has 94 valence electrons. The first-order valence-electron chi connectivity index (χ1n) is 6.33. The third-order valence-corrected chi connectivity index (χ3v) is 4.31. The van der Waals surface area contributed by atoms with Crippen molar-refractivity contribution in [3.05, 3.63) is 23.3 Å². The molecule has 1 N–H and O–H groups in total. The van der Waals surface area contributed by atoms with Gasteiger partial charge in [0.1, 0.15) is 11.3 Å². The number of fused-ring (bicyclic) bond motifs is 1. The Morgan fingerprint density at radius 2 is 2.22 bits per heavy atom. The monoisotopic (exact) mass is 244 g/mol. The Kier molecular flexibility index (Phi) is 2.42. The van der Waals surface area contributed by atoms with Gasteiger partial charge in [-0.3, -0.25) is 0 Å². The second kappa shape index (κ2) is 3.85. The Morgan fingerprint density at radius 1 is 1.44 bits per heavy atom. The summed E-state index contributed by atoms with van der Waals surface area (Å²) in [6.07, 6.45) is 5.21. The van der Waals surface area contributed by atoms with Gasteiger partial charge in [-0.05, 0) is 31.7 Å². The van der Waals surface area contributed by atoms with Crippen molar-refractivity contribution in [3.63, 3.8) is 0 Å². The molecule has 1 fully saturated rings. The maximum Gasteiger partial charge on any atom is 0.235 e.